The molecule has 0 unspecified atom stereocenters. The van der Waals surface area contributed by atoms with Gasteiger partial charge in [-0.05, 0) is 18.4 Å². The van der Waals surface area contributed by atoms with Crippen LogP contribution in [0.5, 0.6) is 0 Å². The molecule has 2 amide bonds. The van der Waals surface area contributed by atoms with Crippen LogP contribution in [-0.2, 0) is 18.4 Å². The van der Waals surface area contributed by atoms with E-state index in [0.717, 1.165) is 31.2 Å². The summed E-state index contributed by atoms with van der Waals surface area (Å²) in [5, 5.41) is 9.91. The van der Waals surface area contributed by atoms with Crippen molar-refractivity contribution in [3.05, 3.63) is 47.7 Å². The number of hydrogen-bond acceptors (Lipinski definition) is 3. The van der Waals surface area contributed by atoms with Gasteiger partial charge in [0, 0.05) is 25.6 Å². The first-order chi connectivity index (χ1) is 11.6. The van der Waals surface area contributed by atoms with Crippen LogP contribution in [0.4, 0.5) is 5.82 Å². The summed E-state index contributed by atoms with van der Waals surface area (Å²) in [5.41, 5.74) is 1.33. The molecule has 1 aromatic heterocycles. The number of carbonyl (C=O) groups excluding carboxylic acids is 2. The number of aryl methyl sites for hydroxylation is 1. The second-order valence-electron chi connectivity index (χ2n) is 6.18. The van der Waals surface area contributed by atoms with Crippen LogP contribution in [0, 0.1) is 5.92 Å². The maximum absolute atomic E-state index is 12.2. The Balaban J connectivity index is 1.60. The van der Waals surface area contributed by atoms with Crippen molar-refractivity contribution >= 4 is 17.6 Å². The first-order valence-corrected chi connectivity index (χ1v) is 8.30. The zero-order valence-corrected chi connectivity index (χ0v) is 13.8. The van der Waals surface area contributed by atoms with Gasteiger partial charge in [-0.25, -0.2) is 0 Å². The predicted octanol–water partition coefficient (Wildman–Crippen LogP) is 2.48. The SMILES string of the molecule is Cn1nc(C(=O)NCc2ccccc2)cc1NC(=O)C1CCCC1. The van der Waals surface area contributed by atoms with E-state index in [0.29, 0.717) is 18.1 Å². The Morgan fingerprint density at radius 2 is 1.92 bits per heavy atom. The summed E-state index contributed by atoms with van der Waals surface area (Å²) in [7, 11) is 1.72. The van der Waals surface area contributed by atoms with Gasteiger partial charge >= 0.3 is 0 Å². The molecule has 3 rings (SSSR count). The van der Waals surface area contributed by atoms with Crippen LogP contribution in [0.3, 0.4) is 0 Å². The van der Waals surface area contributed by atoms with Crippen molar-refractivity contribution in [3.63, 3.8) is 0 Å². The van der Waals surface area contributed by atoms with E-state index in [9.17, 15) is 9.59 Å². The van der Waals surface area contributed by atoms with Crippen LogP contribution in [0.1, 0.15) is 41.7 Å². The molecule has 1 aliphatic carbocycles. The molecule has 0 spiro atoms. The standard InChI is InChI=1S/C18H22N4O2/c1-22-16(20-17(23)14-9-5-6-10-14)11-15(21-22)18(24)19-12-13-7-3-2-4-8-13/h2-4,7-8,11,14H,5-6,9-10,12H2,1H3,(H,19,24)(H,20,23). The zero-order chi connectivity index (χ0) is 16.9. The number of amides is 2. The lowest BCUT2D eigenvalue weighted by Crippen LogP contribution is -2.23. The molecule has 2 N–H and O–H groups in total. The van der Waals surface area contributed by atoms with E-state index >= 15 is 0 Å². The Bertz CT molecular complexity index is 718. The molecular weight excluding hydrogens is 304 g/mol. The molecule has 24 heavy (non-hydrogen) atoms. The average molecular weight is 326 g/mol. The number of carbonyl (C=O) groups is 2. The summed E-state index contributed by atoms with van der Waals surface area (Å²) in [6.45, 7) is 0.444. The molecular formula is C18H22N4O2. The van der Waals surface area contributed by atoms with Crippen molar-refractivity contribution in [1.82, 2.24) is 15.1 Å². The molecule has 1 fully saturated rings. The zero-order valence-electron chi connectivity index (χ0n) is 13.8. The van der Waals surface area contributed by atoms with Gasteiger partial charge in [-0.15, -0.1) is 0 Å². The van der Waals surface area contributed by atoms with E-state index in [1.165, 1.54) is 4.68 Å². The largest absolute Gasteiger partial charge is 0.347 e. The summed E-state index contributed by atoms with van der Waals surface area (Å²) in [4.78, 5) is 24.4. The van der Waals surface area contributed by atoms with E-state index in [1.807, 2.05) is 30.3 Å². The molecule has 6 heteroatoms. The fourth-order valence-corrected chi connectivity index (χ4v) is 2.98. The predicted molar refractivity (Wildman–Crippen MR) is 91.4 cm³/mol. The van der Waals surface area contributed by atoms with Crippen molar-refractivity contribution in [2.45, 2.75) is 32.2 Å². The van der Waals surface area contributed by atoms with Crippen LogP contribution >= 0.6 is 0 Å². The van der Waals surface area contributed by atoms with E-state index in [1.54, 1.807) is 13.1 Å². The molecule has 6 nitrogen and oxygen atoms in total. The van der Waals surface area contributed by atoms with Crippen LogP contribution in [0.2, 0.25) is 0 Å². The van der Waals surface area contributed by atoms with Crippen molar-refractivity contribution in [2.24, 2.45) is 13.0 Å². The summed E-state index contributed by atoms with van der Waals surface area (Å²) >= 11 is 0. The van der Waals surface area contributed by atoms with E-state index in [-0.39, 0.29) is 17.7 Å². The first kappa shape index (κ1) is 16.2. The van der Waals surface area contributed by atoms with Crippen LogP contribution < -0.4 is 10.6 Å². The average Bonchev–Trinajstić information content (AvgIpc) is 3.24. The number of benzene rings is 1. The van der Waals surface area contributed by atoms with Crippen molar-refractivity contribution < 1.29 is 9.59 Å². The summed E-state index contributed by atoms with van der Waals surface area (Å²) in [6, 6.07) is 11.3. The Morgan fingerprint density at radius 1 is 1.21 bits per heavy atom. The van der Waals surface area contributed by atoms with Crippen molar-refractivity contribution in [1.29, 1.82) is 0 Å². The molecule has 1 aromatic carbocycles. The summed E-state index contributed by atoms with van der Waals surface area (Å²) < 4.78 is 1.53. The minimum Gasteiger partial charge on any atom is -0.347 e. The fraction of sp³-hybridized carbons (Fsp3) is 0.389. The molecule has 0 saturated heterocycles. The van der Waals surface area contributed by atoms with Gasteiger partial charge in [0.05, 0.1) is 0 Å². The molecule has 0 atom stereocenters. The number of hydrogen-bond donors (Lipinski definition) is 2. The molecule has 2 aromatic rings. The van der Waals surface area contributed by atoms with Crippen LogP contribution in [0.25, 0.3) is 0 Å². The lowest BCUT2D eigenvalue weighted by atomic mass is 10.1. The molecule has 1 saturated carbocycles. The smallest absolute Gasteiger partial charge is 0.272 e. The Kier molecular flexibility index (Phi) is 4.93. The first-order valence-electron chi connectivity index (χ1n) is 8.30. The summed E-state index contributed by atoms with van der Waals surface area (Å²) in [6.07, 6.45) is 4.09. The Hall–Kier alpha value is -2.63. The quantitative estimate of drug-likeness (QED) is 0.886. The molecule has 1 aliphatic rings. The number of aromatic nitrogens is 2. The van der Waals surface area contributed by atoms with E-state index < -0.39 is 0 Å². The lowest BCUT2D eigenvalue weighted by molar-refractivity contribution is -0.119. The van der Waals surface area contributed by atoms with Gasteiger partial charge in [-0.2, -0.15) is 5.10 Å². The summed E-state index contributed by atoms with van der Waals surface area (Å²) in [5.74, 6) is 0.398. The van der Waals surface area contributed by atoms with Gasteiger partial charge in [0.1, 0.15) is 5.82 Å². The van der Waals surface area contributed by atoms with Crippen LogP contribution in [0.15, 0.2) is 36.4 Å². The Labute approximate surface area is 141 Å². The van der Waals surface area contributed by atoms with Gasteiger partial charge in [-0.3, -0.25) is 14.3 Å². The highest BCUT2D eigenvalue weighted by Gasteiger charge is 2.24. The molecule has 0 bridgehead atoms. The molecule has 0 aliphatic heterocycles. The normalized spacial score (nSPS) is 14.5. The Morgan fingerprint density at radius 3 is 2.62 bits per heavy atom. The maximum Gasteiger partial charge on any atom is 0.272 e. The topological polar surface area (TPSA) is 76.0 Å². The highest BCUT2D eigenvalue weighted by atomic mass is 16.2. The van der Waals surface area contributed by atoms with E-state index in [2.05, 4.69) is 15.7 Å². The number of rotatable bonds is 5. The van der Waals surface area contributed by atoms with Gasteiger partial charge in [0.2, 0.25) is 5.91 Å². The third-order valence-electron chi connectivity index (χ3n) is 4.39. The molecule has 1 heterocycles. The number of nitrogens with zero attached hydrogens (tertiary/aromatic N) is 2. The minimum atomic E-state index is -0.254. The second-order valence-corrected chi connectivity index (χ2v) is 6.18. The number of nitrogens with one attached hydrogen (secondary N) is 2. The van der Waals surface area contributed by atoms with Gasteiger partial charge in [-0.1, -0.05) is 43.2 Å². The third-order valence-corrected chi connectivity index (χ3v) is 4.39. The van der Waals surface area contributed by atoms with Gasteiger partial charge in [0.15, 0.2) is 5.69 Å². The highest BCUT2D eigenvalue weighted by molar-refractivity contribution is 5.96. The monoisotopic (exact) mass is 326 g/mol. The maximum atomic E-state index is 12.2. The third kappa shape index (κ3) is 3.82. The van der Waals surface area contributed by atoms with E-state index in [4.69, 9.17) is 0 Å². The minimum absolute atomic E-state index is 0.0201. The van der Waals surface area contributed by atoms with Gasteiger partial charge < -0.3 is 10.6 Å². The van der Waals surface area contributed by atoms with Gasteiger partial charge in [0.25, 0.3) is 5.91 Å². The lowest BCUT2D eigenvalue weighted by Gasteiger charge is -2.09. The number of anilines is 1. The van der Waals surface area contributed by atoms with Crippen LogP contribution in [-0.4, -0.2) is 21.6 Å². The second kappa shape index (κ2) is 7.29. The van der Waals surface area contributed by atoms with Crippen molar-refractivity contribution in [2.75, 3.05) is 5.32 Å². The fourth-order valence-electron chi connectivity index (χ4n) is 2.98. The van der Waals surface area contributed by atoms with Crippen molar-refractivity contribution in [3.8, 4) is 0 Å². The highest BCUT2D eigenvalue weighted by Crippen LogP contribution is 2.26. The molecule has 126 valence electrons. The molecule has 0 radical (unpaired) electrons.